The first-order valence-electron chi connectivity index (χ1n) is 11.6. The van der Waals surface area contributed by atoms with Gasteiger partial charge in [-0.05, 0) is 66.1 Å². The second-order valence-corrected chi connectivity index (χ2v) is 11.0. The van der Waals surface area contributed by atoms with Gasteiger partial charge in [-0.1, -0.05) is 32.9 Å². The highest BCUT2D eigenvalue weighted by Gasteiger charge is 2.37. The maximum absolute atomic E-state index is 14.0. The Kier molecular flexibility index (Phi) is 6.76. The third-order valence-electron chi connectivity index (χ3n) is 5.86. The molecule has 1 fully saturated rings. The van der Waals surface area contributed by atoms with Crippen LogP contribution in [0.3, 0.4) is 0 Å². The Balaban J connectivity index is 1.82. The van der Waals surface area contributed by atoms with E-state index in [-0.39, 0.29) is 23.3 Å². The Morgan fingerprint density at radius 1 is 1.09 bits per heavy atom. The lowest BCUT2D eigenvalue weighted by Gasteiger charge is -2.23. The van der Waals surface area contributed by atoms with Crippen LogP contribution in [0, 0.1) is 12.3 Å². The van der Waals surface area contributed by atoms with Crippen LogP contribution in [0.25, 0.3) is 11.1 Å². The second kappa shape index (κ2) is 9.62. The molecule has 0 atom stereocenters. The van der Waals surface area contributed by atoms with Gasteiger partial charge in [0.25, 0.3) is 11.8 Å². The summed E-state index contributed by atoms with van der Waals surface area (Å²) in [5, 5.41) is 5.43. The van der Waals surface area contributed by atoms with Crippen LogP contribution in [0.2, 0.25) is 0 Å². The van der Waals surface area contributed by atoms with Gasteiger partial charge in [-0.3, -0.25) is 19.3 Å². The van der Waals surface area contributed by atoms with Gasteiger partial charge < -0.3 is 11.1 Å². The van der Waals surface area contributed by atoms with Gasteiger partial charge in [0.15, 0.2) is 5.13 Å². The average molecular weight is 491 g/mol. The molecule has 0 unspecified atom stereocenters. The van der Waals surface area contributed by atoms with E-state index in [1.54, 1.807) is 41.4 Å². The molecule has 35 heavy (non-hydrogen) atoms. The number of anilines is 1. The van der Waals surface area contributed by atoms with Crippen LogP contribution in [0.4, 0.5) is 5.13 Å². The normalized spacial score (nSPS) is 13.4. The molecule has 182 valence electrons. The second-order valence-electron chi connectivity index (χ2n) is 10.1. The Labute approximate surface area is 209 Å². The number of thiazole rings is 1. The molecule has 7 nitrogen and oxygen atoms in total. The number of primary amides is 1. The fraction of sp³-hybridized carbons (Fsp3) is 0.333. The van der Waals surface area contributed by atoms with Gasteiger partial charge in [0.1, 0.15) is 0 Å². The molecule has 3 amide bonds. The minimum Gasteiger partial charge on any atom is -0.366 e. The van der Waals surface area contributed by atoms with Crippen molar-refractivity contribution >= 4 is 34.2 Å². The van der Waals surface area contributed by atoms with Gasteiger partial charge in [0.05, 0.1) is 0 Å². The van der Waals surface area contributed by atoms with Crippen molar-refractivity contribution < 1.29 is 14.4 Å². The lowest BCUT2D eigenvalue weighted by Crippen LogP contribution is -2.34. The number of aryl methyl sites for hydroxylation is 1. The van der Waals surface area contributed by atoms with E-state index in [0.29, 0.717) is 33.9 Å². The van der Waals surface area contributed by atoms with Gasteiger partial charge >= 0.3 is 0 Å². The Morgan fingerprint density at radius 2 is 1.80 bits per heavy atom. The predicted molar refractivity (Wildman–Crippen MR) is 139 cm³/mol. The molecule has 0 aliphatic heterocycles. The van der Waals surface area contributed by atoms with Crippen molar-refractivity contribution in [2.24, 2.45) is 11.1 Å². The van der Waals surface area contributed by atoms with E-state index in [1.807, 2.05) is 39.1 Å². The zero-order valence-electron chi connectivity index (χ0n) is 20.4. The summed E-state index contributed by atoms with van der Waals surface area (Å²) in [5.74, 6) is -0.998. The number of hydrogen-bond donors (Lipinski definition) is 2. The van der Waals surface area contributed by atoms with Gasteiger partial charge in [0.2, 0.25) is 5.91 Å². The Morgan fingerprint density at radius 3 is 2.40 bits per heavy atom. The van der Waals surface area contributed by atoms with Crippen molar-refractivity contribution in [2.75, 3.05) is 11.4 Å². The van der Waals surface area contributed by atoms with Crippen molar-refractivity contribution in [2.45, 2.75) is 46.6 Å². The Hall–Kier alpha value is -3.52. The molecule has 1 aliphatic carbocycles. The molecule has 0 bridgehead atoms. The van der Waals surface area contributed by atoms with Gasteiger partial charge in [-0.25, -0.2) is 4.98 Å². The number of hydrogen-bond acceptors (Lipinski definition) is 5. The van der Waals surface area contributed by atoms with Crippen molar-refractivity contribution in [1.82, 2.24) is 10.3 Å². The molecule has 3 aromatic rings. The van der Waals surface area contributed by atoms with Crippen molar-refractivity contribution in [1.29, 1.82) is 0 Å². The van der Waals surface area contributed by atoms with Crippen LogP contribution in [-0.2, 0) is 0 Å². The first-order valence-corrected chi connectivity index (χ1v) is 12.5. The maximum atomic E-state index is 14.0. The number of nitrogens with one attached hydrogen (secondary N) is 1. The van der Waals surface area contributed by atoms with E-state index in [4.69, 9.17) is 5.73 Å². The fourth-order valence-electron chi connectivity index (χ4n) is 3.82. The minimum absolute atomic E-state index is 0.0752. The molecule has 1 aliphatic rings. The first-order chi connectivity index (χ1) is 16.5. The number of nitrogens with zero attached hydrogens (tertiary/aromatic N) is 2. The number of rotatable bonds is 7. The van der Waals surface area contributed by atoms with E-state index in [2.05, 4.69) is 10.3 Å². The summed E-state index contributed by atoms with van der Waals surface area (Å²) in [4.78, 5) is 44.9. The third kappa shape index (κ3) is 5.59. The van der Waals surface area contributed by atoms with Gasteiger partial charge in [-0.2, -0.15) is 0 Å². The number of carbonyl (C=O) groups excluding carboxylic acids is 3. The van der Waals surface area contributed by atoms with Gasteiger partial charge in [-0.15, -0.1) is 11.3 Å². The minimum atomic E-state index is -0.542. The average Bonchev–Trinajstić information content (AvgIpc) is 3.49. The van der Waals surface area contributed by atoms with Crippen LogP contribution in [0.5, 0.6) is 0 Å². The van der Waals surface area contributed by atoms with Crippen LogP contribution in [0.15, 0.2) is 48.0 Å². The van der Waals surface area contributed by atoms with Crippen LogP contribution in [-0.4, -0.2) is 35.3 Å². The monoisotopic (exact) mass is 490 g/mol. The molecule has 0 spiro atoms. The highest BCUT2D eigenvalue weighted by atomic mass is 32.1. The highest BCUT2D eigenvalue weighted by Crippen LogP contribution is 2.37. The van der Waals surface area contributed by atoms with Gasteiger partial charge in [0, 0.05) is 40.9 Å². The molecular formula is C27H30N4O3S. The molecule has 1 saturated carbocycles. The van der Waals surface area contributed by atoms with E-state index in [1.165, 1.54) is 11.3 Å². The van der Waals surface area contributed by atoms with E-state index in [9.17, 15) is 14.4 Å². The zero-order valence-corrected chi connectivity index (χ0v) is 21.2. The van der Waals surface area contributed by atoms with E-state index < -0.39 is 5.91 Å². The third-order valence-corrected chi connectivity index (χ3v) is 6.63. The summed E-state index contributed by atoms with van der Waals surface area (Å²) in [6.07, 6.45) is 3.49. The summed E-state index contributed by atoms with van der Waals surface area (Å²) in [6, 6.07) is 10.4. The van der Waals surface area contributed by atoms with E-state index in [0.717, 1.165) is 24.0 Å². The summed E-state index contributed by atoms with van der Waals surface area (Å²) in [6.45, 7) is 8.55. The zero-order chi connectivity index (χ0) is 25.3. The molecule has 0 saturated heterocycles. The quantitative estimate of drug-likeness (QED) is 0.496. The molecule has 0 radical (unpaired) electrons. The number of amides is 3. The first kappa shape index (κ1) is 24.6. The lowest BCUT2D eigenvalue weighted by atomic mass is 9.92. The molecule has 1 heterocycles. The molecule has 2 aromatic carbocycles. The molecule has 3 N–H and O–H groups in total. The smallest absolute Gasteiger partial charge is 0.260 e. The molecule has 1 aromatic heterocycles. The molecule has 4 rings (SSSR count). The molecular weight excluding hydrogens is 460 g/mol. The topological polar surface area (TPSA) is 105 Å². The number of aromatic nitrogens is 1. The van der Waals surface area contributed by atoms with Crippen LogP contribution >= 0.6 is 11.3 Å². The molecule has 8 heteroatoms. The standard InChI is InChI=1S/C27H30N4O3S/c1-16-5-6-17(23(28)32)13-21(16)20-10-7-18(24(33)30-15-27(2,3)4)14-22(20)25(34)31(19-8-9-19)26-29-11-12-35-26/h5-7,10-14,19H,8-9,15H2,1-4H3,(H2,28,32)(H,30,33). The predicted octanol–water partition coefficient (Wildman–Crippen LogP) is 4.80. The SMILES string of the molecule is Cc1ccc(C(N)=O)cc1-c1ccc(C(=O)NCC(C)(C)C)cc1C(=O)N(c1nccs1)C1CC1. The lowest BCUT2D eigenvalue weighted by molar-refractivity contribution is 0.0938. The maximum Gasteiger partial charge on any atom is 0.260 e. The van der Waals surface area contributed by atoms with Crippen LogP contribution < -0.4 is 16.0 Å². The Bertz CT molecular complexity index is 1270. The van der Waals surface area contributed by atoms with Crippen LogP contribution in [0.1, 0.15) is 70.3 Å². The summed E-state index contributed by atoms with van der Waals surface area (Å²) < 4.78 is 0. The van der Waals surface area contributed by atoms with Crippen molar-refractivity contribution in [3.05, 3.63) is 70.2 Å². The fourth-order valence-corrected chi connectivity index (χ4v) is 4.53. The number of nitrogens with two attached hydrogens (primary N) is 1. The summed E-state index contributed by atoms with van der Waals surface area (Å²) in [5.41, 5.74) is 8.86. The number of carbonyl (C=O) groups is 3. The highest BCUT2D eigenvalue weighted by molar-refractivity contribution is 7.13. The largest absolute Gasteiger partial charge is 0.366 e. The van der Waals surface area contributed by atoms with E-state index >= 15 is 0 Å². The summed E-state index contributed by atoms with van der Waals surface area (Å²) >= 11 is 1.41. The summed E-state index contributed by atoms with van der Waals surface area (Å²) in [7, 11) is 0. The van der Waals surface area contributed by atoms with Crippen molar-refractivity contribution in [3.63, 3.8) is 0 Å². The number of benzene rings is 2. The van der Waals surface area contributed by atoms with Crippen molar-refractivity contribution in [3.8, 4) is 11.1 Å².